The van der Waals surface area contributed by atoms with Gasteiger partial charge in [-0.2, -0.15) is 14.0 Å². The maximum atomic E-state index is 12.7. The molecule has 0 radical (unpaired) electrons. The lowest BCUT2D eigenvalue weighted by atomic mass is 9.90. The van der Waals surface area contributed by atoms with Crippen LogP contribution in [0.25, 0.3) is 22.0 Å². The molecule has 4 aromatic rings. The number of aromatic nitrogens is 3. The van der Waals surface area contributed by atoms with Crippen LogP contribution in [0.2, 0.25) is 0 Å². The SMILES string of the molecule is COc1ccc(-c2ccc(CC[C@@H]3O[C@@H](O)[C@@H](O)[C@H]3CCn3nnc4ccccc4c3=O)cc2)cc1.[O-][Cl+3]([O-])([O-])O. The summed E-state index contributed by atoms with van der Waals surface area (Å²) in [7, 11) is -3.04. The van der Waals surface area contributed by atoms with Crippen molar-refractivity contribution < 1.29 is 48.6 Å². The summed E-state index contributed by atoms with van der Waals surface area (Å²) in [5.41, 5.74) is 3.70. The van der Waals surface area contributed by atoms with Gasteiger partial charge in [0, 0.05) is 12.5 Å². The third kappa shape index (κ3) is 8.28. The average molecular weight is 588 g/mol. The number of methoxy groups -OCH3 is 1. The molecule has 2 heterocycles. The third-order valence-corrected chi connectivity index (χ3v) is 6.92. The van der Waals surface area contributed by atoms with E-state index >= 15 is 0 Å². The molecule has 1 aromatic heterocycles. The minimum Gasteiger partial charge on any atom is -0.497 e. The number of hydrogen-bond acceptors (Lipinski definition) is 11. The van der Waals surface area contributed by atoms with Crippen molar-refractivity contribution in [3.63, 3.8) is 0 Å². The Balaban J connectivity index is 0.000000714. The van der Waals surface area contributed by atoms with Gasteiger partial charge in [0.05, 0.1) is 33.5 Å². The molecule has 0 aliphatic carbocycles. The number of nitrogens with zero attached hydrogens (tertiary/aromatic N) is 3. The maximum Gasteiger partial charge on any atom is 0.277 e. The lowest BCUT2D eigenvalue weighted by Crippen LogP contribution is -2.58. The largest absolute Gasteiger partial charge is 0.497 e. The zero-order chi connectivity index (χ0) is 29.6. The summed E-state index contributed by atoms with van der Waals surface area (Å²) in [6.07, 6.45) is -0.779. The highest BCUT2D eigenvalue weighted by molar-refractivity contribution is 5.76. The lowest BCUT2D eigenvalue weighted by molar-refractivity contribution is -1.92. The van der Waals surface area contributed by atoms with Crippen LogP contribution in [0.3, 0.4) is 0 Å². The summed E-state index contributed by atoms with van der Waals surface area (Å²) in [6, 6.07) is 23.3. The van der Waals surface area contributed by atoms with Gasteiger partial charge in [0.2, 0.25) is 0 Å². The van der Waals surface area contributed by atoms with Crippen molar-refractivity contribution in [1.29, 1.82) is 0 Å². The van der Waals surface area contributed by atoms with Gasteiger partial charge < -0.3 is 19.7 Å². The second-order valence-electron chi connectivity index (χ2n) is 9.50. The molecule has 4 atom stereocenters. The number of halogens is 1. The fraction of sp³-hybridized carbons (Fsp3) is 0.321. The topological polar surface area (TPSA) is 196 Å². The average Bonchev–Trinajstić information content (AvgIpc) is 3.23. The highest BCUT2D eigenvalue weighted by Gasteiger charge is 2.42. The lowest BCUT2D eigenvalue weighted by Gasteiger charge is -2.20. The number of hydrogen-bond donors (Lipinski definition) is 3. The molecular weight excluding hydrogens is 558 g/mol. The zero-order valence-corrected chi connectivity index (χ0v) is 22.8. The summed E-state index contributed by atoms with van der Waals surface area (Å²) in [5, 5.41) is 29.3. The molecule has 3 aromatic carbocycles. The van der Waals surface area contributed by atoms with Crippen molar-refractivity contribution in [3.05, 3.63) is 88.7 Å². The number of rotatable bonds is 8. The van der Waals surface area contributed by atoms with E-state index in [4.69, 9.17) is 28.1 Å². The third-order valence-electron chi connectivity index (χ3n) is 6.92. The smallest absolute Gasteiger partial charge is 0.277 e. The van der Waals surface area contributed by atoms with Crippen molar-refractivity contribution in [1.82, 2.24) is 15.0 Å². The number of aliphatic hydroxyl groups excluding tert-OH is 2. The van der Waals surface area contributed by atoms with Crippen LogP contribution in [0.4, 0.5) is 0 Å². The van der Waals surface area contributed by atoms with Crippen LogP contribution in [0, 0.1) is 16.2 Å². The molecule has 0 saturated carbocycles. The van der Waals surface area contributed by atoms with Crippen LogP contribution >= 0.6 is 0 Å². The van der Waals surface area contributed by atoms with Crippen LogP contribution in [0.15, 0.2) is 77.6 Å². The first-order valence-corrected chi connectivity index (χ1v) is 14.0. The van der Waals surface area contributed by atoms with Crippen LogP contribution in [-0.4, -0.2) is 55.5 Å². The quantitative estimate of drug-likeness (QED) is 0.230. The number of aryl methyl sites for hydroxylation is 2. The second-order valence-corrected chi connectivity index (χ2v) is 10.3. The maximum absolute atomic E-state index is 12.7. The first-order chi connectivity index (χ1) is 19.5. The summed E-state index contributed by atoms with van der Waals surface area (Å²) < 4.78 is 44.9. The van der Waals surface area contributed by atoms with E-state index < -0.39 is 22.6 Å². The van der Waals surface area contributed by atoms with E-state index in [1.165, 1.54) is 4.68 Å². The number of ether oxygens (including phenoxy) is 2. The highest BCUT2D eigenvalue weighted by Crippen LogP contribution is 2.32. The van der Waals surface area contributed by atoms with Gasteiger partial charge in [-0.1, -0.05) is 53.7 Å². The Hall–Kier alpha value is -3.46. The molecule has 13 heteroatoms. The minimum absolute atomic E-state index is 0.219. The Morgan fingerprint density at radius 2 is 1.56 bits per heavy atom. The Morgan fingerprint density at radius 1 is 0.951 bits per heavy atom. The van der Waals surface area contributed by atoms with E-state index in [1.54, 1.807) is 25.3 Å². The van der Waals surface area contributed by atoms with Crippen molar-refractivity contribution in [2.24, 2.45) is 5.92 Å². The van der Waals surface area contributed by atoms with Gasteiger partial charge in [0.1, 0.15) is 17.4 Å². The zero-order valence-electron chi connectivity index (χ0n) is 22.1. The first-order valence-electron chi connectivity index (χ1n) is 12.7. The normalized spacial score (nSPS) is 20.5. The standard InChI is InChI=1S/C28H29N3O5.ClHO4/c1-35-21-13-11-20(12-14-21)19-9-6-18(7-10-19)8-15-25-23(26(32)28(34)36-25)16-17-31-27(33)22-4-2-3-5-24(22)29-30-31;2-1(3,4)5/h2-7,9-14,23,25-26,28,32,34H,8,15-17H2,1H3;(H,2,3,4,5)/t23-,25-,26-,28+;/m0./s1. The molecule has 0 bridgehead atoms. The Kier molecular flexibility index (Phi) is 10.0. The van der Waals surface area contributed by atoms with Crippen LogP contribution < -0.4 is 24.3 Å². The number of fused-ring (bicyclic) bond motifs is 1. The predicted octanol–water partition coefficient (Wildman–Crippen LogP) is -0.940. The van der Waals surface area contributed by atoms with Crippen molar-refractivity contribution in [2.45, 2.75) is 44.3 Å². The fourth-order valence-corrected chi connectivity index (χ4v) is 4.83. The van der Waals surface area contributed by atoms with Gasteiger partial charge in [0.25, 0.3) is 5.56 Å². The van der Waals surface area contributed by atoms with Crippen molar-refractivity contribution >= 4 is 10.9 Å². The summed E-state index contributed by atoms with van der Waals surface area (Å²) in [5.74, 6) is 0.502. The Labute approximate surface area is 237 Å². The van der Waals surface area contributed by atoms with E-state index in [1.807, 2.05) is 30.3 Å². The molecule has 1 saturated heterocycles. The van der Waals surface area contributed by atoms with Gasteiger partial charge in [-0.15, -0.1) is 5.10 Å². The fourth-order valence-electron chi connectivity index (χ4n) is 4.83. The molecule has 41 heavy (non-hydrogen) atoms. The molecule has 1 fully saturated rings. The number of aliphatic hydroxyl groups is 2. The van der Waals surface area contributed by atoms with Crippen LogP contribution in [-0.2, 0) is 17.7 Å². The van der Waals surface area contributed by atoms with Gasteiger partial charge in [-0.05, 0) is 60.2 Å². The summed E-state index contributed by atoms with van der Waals surface area (Å²) >= 11 is 0. The van der Waals surface area contributed by atoms with E-state index in [0.29, 0.717) is 23.7 Å². The molecule has 0 spiro atoms. The van der Waals surface area contributed by atoms with Crippen LogP contribution in [0.1, 0.15) is 18.4 Å². The van der Waals surface area contributed by atoms with E-state index in [-0.39, 0.29) is 24.1 Å². The first kappa shape index (κ1) is 30.5. The molecule has 1 aliphatic heterocycles. The van der Waals surface area contributed by atoms with E-state index in [0.717, 1.165) is 28.9 Å². The minimum atomic E-state index is -4.69. The Morgan fingerprint density at radius 3 is 2.20 bits per heavy atom. The molecule has 0 amide bonds. The Bertz CT molecular complexity index is 1470. The summed E-state index contributed by atoms with van der Waals surface area (Å²) in [4.78, 5) is 12.7. The second kappa shape index (κ2) is 13.5. The molecule has 0 unspecified atom stereocenters. The van der Waals surface area contributed by atoms with Crippen molar-refractivity contribution in [3.8, 4) is 16.9 Å². The molecule has 1 aliphatic rings. The molecule has 3 N–H and O–H groups in total. The molecule has 5 rings (SSSR count). The summed E-state index contributed by atoms with van der Waals surface area (Å²) in [6.45, 7) is 0.279. The van der Waals surface area contributed by atoms with E-state index in [2.05, 4.69) is 34.6 Å². The molecule has 218 valence electrons. The number of benzene rings is 3. The van der Waals surface area contributed by atoms with Gasteiger partial charge in [-0.3, -0.25) is 4.79 Å². The van der Waals surface area contributed by atoms with Gasteiger partial charge in [0.15, 0.2) is 6.29 Å². The monoisotopic (exact) mass is 587 g/mol. The van der Waals surface area contributed by atoms with Gasteiger partial charge >= 0.3 is 0 Å². The van der Waals surface area contributed by atoms with Crippen molar-refractivity contribution in [2.75, 3.05) is 7.11 Å². The molecular formula is C28H30ClN3O9. The molecule has 12 nitrogen and oxygen atoms in total. The van der Waals surface area contributed by atoms with Gasteiger partial charge in [-0.25, -0.2) is 4.68 Å². The van der Waals surface area contributed by atoms with E-state index in [9.17, 15) is 15.0 Å². The highest BCUT2D eigenvalue weighted by atomic mass is 35.7. The predicted molar refractivity (Wildman–Crippen MR) is 138 cm³/mol. The van der Waals surface area contributed by atoms with Crippen LogP contribution in [0.5, 0.6) is 5.75 Å².